The molecule has 1 saturated heterocycles. The number of ether oxygens (including phenoxy) is 2. The molecule has 4 aliphatic rings. The van der Waals surface area contributed by atoms with Crippen molar-refractivity contribution in [2.45, 2.75) is 94.7 Å². The average molecular weight is 746 g/mol. The smallest absolute Gasteiger partial charge is 0.405 e. The first-order chi connectivity index (χ1) is 24.2. The lowest BCUT2D eigenvalue weighted by atomic mass is 9.88. The molecule has 1 aromatic carbocycles. The Hall–Kier alpha value is -4.11. The van der Waals surface area contributed by atoms with E-state index in [4.69, 9.17) is 21.1 Å². The molecule has 4 amide bonds. The third-order valence-electron chi connectivity index (χ3n) is 10.3. The quantitative estimate of drug-likeness (QED) is 0.289. The molecule has 14 nitrogen and oxygen atoms in total. The Kier molecular flexibility index (Phi) is 10.4. The summed E-state index contributed by atoms with van der Waals surface area (Å²) in [5, 5.41) is 15.9. The summed E-state index contributed by atoms with van der Waals surface area (Å²) in [4.78, 5) is 60.0. The van der Waals surface area contributed by atoms with Crippen LogP contribution in [0.4, 0.5) is 4.79 Å². The number of nitrogens with zero attached hydrogens (tertiary/aromatic N) is 2. The first-order valence-corrected chi connectivity index (χ1v) is 19.4. The van der Waals surface area contributed by atoms with Crippen molar-refractivity contribution in [1.29, 1.82) is 0 Å². The number of hydrogen-bond donors (Lipinski definition) is 4. The number of amides is 4. The van der Waals surface area contributed by atoms with Gasteiger partial charge in [0.2, 0.25) is 27.7 Å². The number of benzene rings is 1. The Morgan fingerprint density at radius 1 is 1.18 bits per heavy atom. The van der Waals surface area contributed by atoms with Crippen molar-refractivity contribution in [2.75, 3.05) is 13.2 Å². The Balaban J connectivity index is 1.35. The van der Waals surface area contributed by atoms with Gasteiger partial charge >= 0.3 is 6.09 Å². The fourth-order valence-corrected chi connectivity index (χ4v) is 8.98. The van der Waals surface area contributed by atoms with Gasteiger partial charge < -0.3 is 30.1 Å². The summed E-state index contributed by atoms with van der Waals surface area (Å²) in [6.45, 7) is 5.95. The van der Waals surface area contributed by atoms with E-state index in [9.17, 15) is 32.7 Å². The molecule has 51 heavy (non-hydrogen) atoms. The van der Waals surface area contributed by atoms with Gasteiger partial charge in [0, 0.05) is 23.1 Å². The maximum absolute atomic E-state index is 14.4. The van der Waals surface area contributed by atoms with Crippen LogP contribution in [-0.2, 0) is 24.4 Å². The average Bonchev–Trinajstić information content (AvgIpc) is 3.99. The Morgan fingerprint density at radius 2 is 1.94 bits per heavy atom. The number of aromatic nitrogens is 1. The van der Waals surface area contributed by atoms with Crippen LogP contribution in [-0.4, -0.2) is 89.4 Å². The van der Waals surface area contributed by atoms with Crippen molar-refractivity contribution in [3.8, 4) is 11.6 Å². The fraction of sp³-hybridized carbons (Fsp3) is 0.571. The van der Waals surface area contributed by atoms with E-state index < -0.39 is 74.7 Å². The van der Waals surface area contributed by atoms with Crippen LogP contribution >= 0.6 is 11.6 Å². The van der Waals surface area contributed by atoms with E-state index in [1.165, 1.54) is 11.1 Å². The maximum Gasteiger partial charge on any atom is 0.405 e. The molecule has 2 aliphatic carbocycles. The molecule has 2 aromatic rings. The van der Waals surface area contributed by atoms with E-state index in [0.717, 1.165) is 6.42 Å². The lowest BCUT2D eigenvalue weighted by Crippen LogP contribution is -2.59. The zero-order valence-electron chi connectivity index (χ0n) is 28.8. The van der Waals surface area contributed by atoms with Crippen molar-refractivity contribution in [2.24, 2.45) is 17.8 Å². The van der Waals surface area contributed by atoms with Crippen molar-refractivity contribution < 1.29 is 42.2 Å². The van der Waals surface area contributed by atoms with E-state index >= 15 is 0 Å². The molecule has 4 N–H and O–H groups in total. The molecule has 1 aromatic heterocycles. The molecule has 7 atom stereocenters. The molecular weight excluding hydrogens is 702 g/mol. The van der Waals surface area contributed by atoms with Crippen LogP contribution in [0.25, 0.3) is 10.8 Å². The molecule has 2 aliphatic heterocycles. The SMILES string of the molecule is CCOc1cnc(O[C@@H]2C[C@H]3C(=O)N[C@]4(C(=O)NS(=O)(=O)C5CC5)C[C@H]4C=CCC[C@@H](C)C[C@@H](C)[C@H](NC(=O)O)C(=O)N3C2)c2cccc(Cl)c12. The fourth-order valence-electron chi connectivity index (χ4n) is 7.35. The van der Waals surface area contributed by atoms with Gasteiger partial charge in [-0.15, -0.1) is 0 Å². The number of nitrogens with one attached hydrogen (secondary N) is 3. The minimum Gasteiger partial charge on any atom is -0.492 e. The second-order valence-electron chi connectivity index (χ2n) is 14.2. The Labute approximate surface area is 301 Å². The highest BCUT2D eigenvalue weighted by Gasteiger charge is 2.62. The summed E-state index contributed by atoms with van der Waals surface area (Å²) in [6.07, 6.45) is 6.10. The number of carboxylic acid groups (broad SMARTS) is 1. The molecule has 276 valence electrons. The number of halogens is 1. The van der Waals surface area contributed by atoms with Gasteiger partial charge in [-0.05, 0) is 69.4 Å². The van der Waals surface area contributed by atoms with E-state index in [2.05, 4.69) is 20.3 Å². The molecule has 0 radical (unpaired) electrons. The number of carbonyl (C=O) groups is 4. The highest BCUT2D eigenvalue weighted by Crippen LogP contribution is 2.46. The van der Waals surface area contributed by atoms with Crippen LogP contribution in [0.3, 0.4) is 0 Å². The number of carbonyl (C=O) groups excluding carboxylic acids is 3. The predicted octanol–water partition coefficient (Wildman–Crippen LogP) is 3.77. The predicted molar refractivity (Wildman–Crippen MR) is 188 cm³/mol. The number of sulfonamides is 1. The highest BCUT2D eigenvalue weighted by molar-refractivity contribution is 7.91. The van der Waals surface area contributed by atoms with Crippen molar-refractivity contribution >= 4 is 56.2 Å². The highest BCUT2D eigenvalue weighted by atomic mass is 35.5. The Morgan fingerprint density at radius 3 is 2.65 bits per heavy atom. The number of allylic oxidation sites excluding steroid dienone is 1. The first-order valence-electron chi connectivity index (χ1n) is 17.4. The monoisotopic (exact) mass is 745 g/mol. The summed E-state index contributed by atoms with van der Waals surface area (Å²) in [5.74, 6) is -2.20. The van der Waals surface area contributed by atoms with Gasteiger partial charge in [0.1, 0.15) is 29.5 Å². The van der Waals surface area contributed by atoms with Crippen molar-refractivity contribution in [3.05, 3.63) is 41.6 Å². The molecule has 3 fully saturated rings. The third-order valence-corrected chi connectivity index (χ3v) is 12.4. The van der Waals surface area contributed by atoms with Crippen LogP contribution in [0.5, 0.6) is 11.6 Å². The summed E-state index contributed by atoms with van der Waals surface area (Å²) >= 11 is 6.55. The van der Waals surface area contributed by atoms with Crippen LogP contribution in [0.2, 0.25) is 5.02 Å². The molecule has 0 spiro atoms. The zero-order chi connectivity index (χ0) is 36.7. The van der Waals surface area contributed by atoms with Gasteiger partial charge in [-0.2, -0.15) is 0 Å². The van der Waals surface area contributed by atoms with Gasteiger partial charge in [0.25, 0.3) is 5.91 Å². The van der Waals surface area contributed by atoms with E-state index in [0.29, 0.717) is 53.8 Å². The van der Waals surface area contributed by atoms with Crippen LogP contribution in [0, 0.1) is 17.8 Å². The zero-order valence-corrected chi connectivity index (χ0v) is 30.3. The third kappa shape index (κ3) is 7.74. The molecule has 2 saturated carbocycles. The van der Waals surface area contributed by atoms with Crippen LogP contribution in [0.1, 0.15) is 65.7 Å². The second kappa shape index (κ2) is 14.5. The second-order valence-corrected chi connectivity index (χ2v) is 16.6. The molecular formula is C35H44ClN5O9S. The van der Waals surface area contributed by atoms with Gasteiger partial charge in [-0.3, -0.25) is 19.1 Å². The number of fused-ring (bicyclic) bond motifs is 3. The van der Waals surface area contributed by atoms with Gasteiger partial charge in [0.05, 0.1) is 29.6 Å². The minimum absolute atomic E-state index is 0.0162. The van der Waals surface area contributed by atoms with Crippen LogP contribution in [0.15, 0.2) is 36.5 Å². The van der Waals surface area contributed by atoms with Gasteiger partial charge in [-0.25, -0.2) is 18.2 Å². The van der Waals surface area contributed by atoms with E-state index in [1.54, 1.807) is 25.1 Å². The summed E-state index contributed by atoms with van der Waals surface area (Å²) < 4.78 is 39.9. The van der Waals surface area contributed by atoms with Crippen molar-refractivity contribution in [3.63, 3.8) is 0 Å². The van der Waals surface area contributed by atoms with E-state index in [1.807, 2.05) is 26.0 Å². The lowest BCUT2D eigenvalue weighted by Gasteiger charge is -2.32. The van der Waals surface area contributed by atoms with Crippen LogP contribution < -0.4 is 24.8 Å². The Bertz CT molecular complexity index is 1850. The largest absolute Gasteiger partial charge is 0.492 e. The molecule has 0 unspecified atom stereocenters. The van der Waals surface area contributed by atoms with E-state index in [-0.39, 0.29) is 31.2 Å². The number of hydrogen-bond acceptors (Lipinski definition) is 9. The molecule has 0 bridgehead atoms. The summed E-state index contributed by atoms with van der Waals surface area (Å²) in [5.41, 5.74) is -1.54. The molecule has 6 rings (SSSR count). The topological polar surface area (TPSA) is 193 Å². The summed E-state index contributed by atoms with van der Waals surface area (Å²) in [6, 6.07) is 2.88. The van der Waals surface area contributed by atoms with Gasteiger partial charge in [0.15, 0.2) is 0 Å². The molecule has 16 heteroatoms. The van der Waals surface area contributed by atoms with Gasteiger partial charge in [-0.1, -0.05) is 43.7 Å². The number of rotatable bonds is 8. The normalized spacial score (nSPS) is 29.9. The summed E-state index contributed by atoms with van der Waals surface area (Å²) in [7, 11) is -3.91. The molecule has 3 heterocycles. The minimum atomic E-state index is -3.91. The maximum atomic E-state index is 14.4. The van der Waals surface area contributed by atoms with Crippen molar-refractivity contribution in [1.82, 2.24) is 25.2 Å². The standard InChI is InChI=1S/C35H44ClN5O9S/c1-4-49-27-17-37-31(24-10-7-11-25(36)28(24)27)50-22-15-26-30(42)39-35(33(44)40-51(47,48)23-12-13-23)16-21(35)9-6-5-8-19(2)14-20(3)29(38-34(45)46)32(43)41(26)18-22/h6-7,9-11,17,19-23,26,29,38H,4-5,8,12-16,18H2,1-3H3,(H,39,42)(H,40,44)(H,45,46)/t19-,20-,21-,22-,26+,29+,35-/m1/s1. The first kappa shape index (κ1) is 36.7. The number of pyridine rings is 1. The lowest BCUT2D eigenvalue weighted by molar-refractivity contribution is -0.142.